The summed E-state index contributed by atoms with van der Waals surface area (Å²) in [6.07, 6.45) is 5.21. The van der Waals surface area contributed by atoms with Crippen molar-refractivity contribution in [2.24, 2.45) is 0 Å². The fourth-order valence-electron chi connectivity index (χ4n) is 4.09. The molecule has 2 aliphatic carbocycles. The molecule has 1 aromatic carbocycles. The van der Waals surface area contributed by atoms with Crippen LogP contribution in [0, 0.1) is 5.82 Å². The highest BCUT2D eigenvalue weighted by molar-refractivity contribution is 5.89. The van der Waals surface area contributed by atoms with E-state index in [4.69, 9.17) is 0 Å². The highest BCUT2D eigenvalue weighted by Gasteiger charge is 2.46. The summed E-state index contributed by atoms with van der Waals surface area (Å²) in [6.45, 7) is 0. The summed E-state index contributed by atoms with van der Waals surface area (Å²) in [5.74, 6) is -0.279. The Morgan fingerprint density at radius 1 is 1.12 bits per heavy atom. The highest BCUT2D eigenvalue weighted by atomic mass is 19.1. The SMILES string of the molecule is O=C(N[C@H]1CCCc2[nH]c(=O)ccc21)C1(c2ccc(F)cc2)CCC1. The van der Waals surface area contributed by atoms with E-state index >= 15 is 0 Å². The molecule has 2 aliphatic rings. The van der Waals surface area contributed by atoms with Crippen molar-refractivity contribution >= 4 is 5.91 Å². The van der Waals surface area contributed by atoms with Crippen LogP contribution in [0.2, 0.25) is 0 Å². The number of aromatic amines is 1. The van der Waals surface area contributed by atoms with E-state index in [0.717, 1.165) is 55.3 Å². The Balaban J connectivity index is 1.60. The molecule has 130 valence electrons. The molecule has 0 aliphatic heterocycles. The first kappa shape index (κ1) is 16.1. The molecule has 1 aromatic heterocycles. The van der Waals surface area contributed by atoms with Gasteiger partial charge in [-0.1, -0.05) is 18.6 Å². The fourth-order valence-corrected chi connectivity index (χ4v) is 4.09. The molecule has 0 spiro atoms. The summed E-state index contributed by atoms with van der Waals surface area (Å²) in [5.41, 5.74) is 2.16. The normalized spacial score (nSPS) is 21.1. The van der Waals surface area contributed by atoms with E-state index in [1.54, 1.807) is 12.1 Å². The van der Waals surface area contributed by atoms with Crippen molar-refractivity contribution in [3.05, 3.63) is 69.4 Å². The van der Waals surface area contributed by atoms with Crippen molar-refractivity contribution in [3.63, 3.8) is 0 Å². The Morgan fingerprint density at radius 3 is 2.56 bits per heavy atom. The van der Waals surface area contributed by atoms with E-state index in [1.165, 1.54) is 18.2 Å². The number of carbonyl (C=O) groups is 1. The number of aromatic nitrogens is 1. The lowest BCUT2D eigenvalue weighted by atomic mass is 9.63. The van der Waals surface area contributed by atoms with Gasteiger partial charge in [0.2, 0.25) is 11.5 Å². The van der Waals surface area contributed by atoms with Gasteiger partial charge in [-0.2, -0.15) is 0 Å². The van der Waals surface area contributed by atoms with E-state index in [-0.39, 0.29) is 23.3 Å². The topological polar surface area (TPSA) is 62.0 Å². The Morgan fingerprint density at radius 2 is 1.88 bits per heavy atom. The van der Waals surface area contributed by atoms with E-state index in [2.05, 4.69) is 10.3 Å². The molecule has 2 aromatic rings. The second kappa shape index (κ2) is 6.14. The standard InChI is InChI=1S/C20H21FN2O2/c21-14-7-5-13(6-8-14)20(11-2-12-20)19(25)23-17-4-1-3-16-15(17)9-10-18(24)22-16/h5-10,17H,1-4,11-12H2,(H,22,24)(H,23,25)/t17-/m0/s1. The van der Waals surface area contributed by atoms with E-state index in [1.807, 2.05) is 6.07 Å². The highest BCUT2D eigenvalue weighted by Crippen LogP contribution is 2.44. The number of carbonyl (C=O) groups excluding carboxylic acids is 1. The number of nitrogens with one attached hydrogen (secondary N) is 2. The number of halogens is 1. The van der Waals surface area contributed by atoms with Gasteiger partial charge in [0.05, 0.1) is 11.5 Å². The zero-order valence-corrected chi connectivity index (χ0v) is 14.0. The van der Waals surface area contributed by atoms with Crippen molar-refractivity contribution in [3.8, 4) is 0 Å². The number of hydrogen-bond donors (Lipinski definition) is 2. The molecule has 1 amide bonds. The number of fused-ring (bicyclic) bond motifs is 1. The van der Waals surface area contributed by atoms with Gasteiger partial charge in [-0.15, -0.1) is 0 Å². The third-order valence-electron chi connectivity index (χ3n) is 5.68. The van der Waals surface area contributed by atoms with Gasteiger partial charge >= 0.3 is 0 Å². The average molecular weight is 340 g/mol. The van der Waals surface area contributed by atoms with Crippen LogP contribution in [0.5, 0.6) is 0 Å². The molecule has 5 heteroatoms. The first-order valence-corrected chi connectivity index (χ1v) is 8.88. The predicted octanol–water partition coefficient (Wildman–Crippen LogP) is 3.13. The summed E-state index contributed by atoms with van der Waals surface area (Å²) in [5, 5.41) is 3.20. The van der Waals surface area contributed by atoms with E-state index < -0.39 is 5.41 Å². The predicted molar refractivity (Wildman–Crippen MR) is 92.8 cm³/mol. The van der Waals surface area contributed by atoms with Gasteiger partial charge in [0.25, 0.3) is 0 Å². The summed E-state index contributed by atoms with van der Waals surface area (Å²) < 4.78 is 13.2. The lowest BCUT2D eigenvalue weighted by molar-refractivity contribution is -0.130. The molecule has 1 atom stereocenters. The Bertz CT molecular complexity index is 853. The fraction of sp³-hybridized carbons (Fsp3) is 0.400. The van der Waals surface area contributed by atoms with Crippen LogP contribution in [0.25, 0.3) is 0 Å². The number of amides is 1. The van der Waals surface area contributed by atoms with Crippen LogP contribution in [-0.2, 0) is 16.6 Å². The Labute approximate surface area is 145 Å². The van der Waals surface area contributed by atoms with Crippen LogP contribution in [-0.4, -0.2) is 10.9 Å². The van der Waals surface area contributed by atoms with E-state index in [0.29, 0.717) is 0 Å². The number of benzene rings is 1. The zero-order chi connectivity index (χ0) is 17.4. The maximum atomic E-state index is 13.2. The largest absolute Gasteiger partial charge is 0.348 e. The van der Waals surface area contributed by atoms with E-state index in [9.17, 15) is 14.0 Å². The van der Waals surface area contributed by atoms with Crippen molar-refractivity contribution in [1.29, 1.82) is 0 Å². The number of H-pyrrole nitrogens is 1. The van der Waals surface area contributed by atoms with Crippen LogP contribution in [0.4, 0.5) is 4.39 Å². The third kappa shape index (κ3) is 2.77. The first-order valence-electron chi connectivity index (χ1n) is 8.88. The summed E-state index contributed by atoms with van der Waals surface area (Å²) in [7, 11) is 0. The minimum absolute atomic E-state index is 0.00871. The second-order valence-electron chi connectivity index (χ2n) is 7.12. The average Bonchev–Trinajstić information content (AvgIpc) is 2.55. The molecule has 0 radical (unpaired) electrons. The molecule has 4 nitrogen and oxygen atoms in total. The number of rotatable bonds is 3. The molecular formula is C20H21FN2O2. The summed E-state index contributed by atoms with van der Waals surface area (Å²) >= 11 is 0. The van der Waals surface area contributed by atoms with Crippen LogP contribution in [0.15, 0.2) is 41.2 Å². The van der Waals surface area contributed by atoms with Gasteiger partial charge in [0.1, 0.15) is 5.82 Å². The number of pyridine rings is 1. The molecule has 2 N–H and O–H groups in total. The summed E-state index contributed by atoms with van der Waals surface area (Å²) in [4.78, 5) is 27.5. The zero-order valence-electron chi connectivity index (χ0n) is 14.0. The first-order chi connectivity index (χ1) is 12.1. The van der Waals surface area contributed by atoms with Crippen LogP contribution >= 0.6 is 0 Å². The minimum atomic E-state index is -0.548. The lowest BCUT2D eigenvalue weighted by Crippen LogP contribution is -2.50. The van der Waals surface area contributed by atoms with Crippen molar-refractivity contribution < 1.29 is 9.18 Å². The smallest absolute Gasteiger partial charge is 0.248 e. The van der Waals surface area contributed by atoms with Gasteiger partial charge in [0, 0.05) is 11.8 Å². The van der Waals surface area contributed by atoms with Crippen LogP contribution in [0.3, 0.4) is 0 Å². The van der Waals surface area contributed by atoms with Crippen LogP contribution < -0.4 is 10.9 Å². The minimum Gasteiger partial charge on any atom is -0.348 e. The maximum absolute atomic E-state index is 13.2. The maximum Gasteiger partial charge on any atom is 0.248 e. The lowest BCUT2D eigenvalue weighted by Gasteiger charge is -2.42. The molecule has 1 saturated carbocycles. The van der Waals surface area contributed by atoms with Crippen molar-refractivity contribution in [2.45, 2.75) is 50.0 Å². The molecule has 1 fully saturated rings. The molecule has 0 saturated heterocycles. The van der Waals surface area contributed by atoms with Gasteiger partial charge in [0.15, 0.2) is 0 Å². The third-order valence-corrected chi connectivity index (χ3v) is 5.68. The van der Waals surface area contributed by atoms with Gasteiger partial charge in [-0.25, -0.2) is 4.39 Å². The van der Waals surface area contributed by atoms with Crippen molar-refractivity contribution in [2.75, 3.05) is 0 Å². The second-order valence-corrected chi connectivity index (χ2v) is 7.12. The number of hydrogen-bond acceptors (Lipinski definition) is 2. The van der Waals surface area contributed by atoms with Gasteiger partial charge < -0.3 is 10.3 Å². The van der Waals surface area contributed by atoms with Gasteiger partial charge in [-0.05, 0) is 61.4 Å². The quantitative estimate of drug-likeness (QED) is 0.902. The van der Waals surface area contributed by atoms with Gasteiger partial charge in [-0.3, -0.25) is 9.59 Å². The molecule has 1 heterocycles. The molecular weight excluding hydrogens is 319 g/mol. The van der Waals surface area contributed by atoms with Crippen LogP contribution in [0.1, 0.15) is 55.0 Å². The Hall–Kier alpha value is -2.43. The Kier molecular flexibility index (Phi) is 3.94. The molecule has 4 rings (SSSR count). The monoisotopic (exact) mass is 340 g/mol. The molecule has 0 unspecified atom stereocenters. The molecule has 0 bridgehead atoms. The molecule has 25 heavy (non-hydrogen) atoms. The van der Waals surface area contributed by atoms with Crippen molar-refractivity contribution in [1.82, 2.24) is 10.3 Å². The number of aryl methyl sites for hydroxylation is 1. The summed E-state index contributed by atoms with van der Waals surface area (Å²) in [6, 6.07) is 9.55.